The standard InChI is InChI=1S/C20H31N3O3/c1-4-22(13-17-5-6-18-19(11-17)26-14-25-18)20(24)21-12-16(3)23-9-7-15(2)8-10-23/h5-6,11,15-16H,4,7-10,12-14H2,1-3H3,(H,21,24). The van der Waals surface area contributed by atoms with Crippen molar-refractivity contribution in [2.24, 2.45) is 5.92 Å². The number of rotatable bonds is 6. The summed E-state index contributed by atoms with van der Waals surface area (Å²) in [7, 11) is 0. The van der Waals surface area contributed by atoms with Crippen molar-refractivity contribution >= 4 is 6.03 Å². The first kappa shape index (κ1) is 18.8. The van der Waals surface area contributed by atoms with E-state index in [0.29, 0.717) is 25.7 Å². The minimum atomic E-state index is -0.0117. The molecule has 0 aliphatic carbocycles. The molecule has 1 aromatic carbocycles. The van der Waals surface area contributed by atoms with Gasteiger partial charge in [-0.1, -0.05) is 13.0 Å². The van der Waals surface area contributed by atoms with Gasteiger partial charge in [-0.05, 0) is 63.4 Å². The number of carbonyl (C=O) groups excluding carboxylic acids is 1. The number of benzene rings is 1. The molecule has 0 radical (unpaired) electrons. The van der Waals surface area contributed by atoms with Crippen LogP contribution in [0.25, 0.3) is 0 Å². The Morgan fingerprint density at radius 1 is 1.31 bits per heavy atom. The van der Waals surface area contributed by atoms with E-state index in [1.54, 1.807) is 0 Å². The second-order valence-corrected chi connectivity index (χ2v) is 7.46. The van der Waals surface area contributed by atoms with Crippen molar-refractivity contribution in [3.63, 3.8) is 0 Å². The molecule has 1 unspecified atom stereocenters. The van der Waals surface area contributed by atoms with E-state index in [0.717, 1.165) is 36.1 Å². The molecule has 1 fully saturated rings. The Bertz CT molecular complexity index is 614. The molecule has 1 aromatic rings. The Hall–Kier alpha value is -1.95. The van der Waals surface area contributed by atoms with E-state index in [9.17, 15) is 4.79 Å². The lowest BCUT2D eigenvalue weighted by Crippen LogP contribution is -2.48. The van der Waals surface area contributed by atoms with Crippen molar-refractivity contribution in [3.05, 3.63) is 23.8 Å². The monoisotopic (exact) mass is 361 g/mol. The molecule has 2 aliphatic rings. The van der Waals surface area contributed by atoms with Gasteiger partial charge < -0.3 is 19.7 Å². The van der Waals surface area contributed by atoms with Gasteiger partial charge in [0, 0.05) is 25.7 Å². The Kier molecular flexibility index (Phi) is 6.25. The summed E-state index contributed by atoms with van der Waals surface area (Å²) in [6.45, 7) is 11.0. The zero-order chi connectivity index (χ0) is 18.5. The van der Waals surface area contributed by atoms with Crippen molar-refractivity contribution in [3.8, 4) is 11.5 Å². The van der Waals surface area contributed by atoms with E-state index in [2.05, 4.69) is 24.1 Å². The second kappa shape index (κ2) is 8.62. The predicted molar refractivity (Wildman–Crippen MR) is 101 cm³/mol. The Morgan fingerprint density at radius 3 is 2.77 bits per heavy atom. The van der Waals surface area contributed by atoms with Gasteiger partial charge in [-0.25, -0.2) is 4.79 Å². The SMILES string of the molecule is CCN(Cc1ccc2c(c1)OCO2)C(=O)NCC(C)N1CCC(C)CC1. The summed E-state index contributed by atoms with van der Waals surface area (Å²) in [4.78, 5) is 16.9. The molecule has 26 heavy (non-hydrogen) atoms. The van der Waals surface area contributed by atoms with E-state index in [4.69, 9.17) is 9.47 Å². The summed E-state index contributed by atoms with van der Waals surface area (Å²) in [5, 5.41) is 3.10. The van der Waals surface area contributed by atoms with Crippen LogP contribution < -0.4 is 14.8 Å². The number of nitrogens with zero attached hydrogens (tertiary/aromatic N) is 2. The third-order valence-corrected chi connectivity index (χ3v) is 5.47. The highest BCUT2D eigenvalue weighted by molar-refractivity contribution is 5.74. The molecule has 6 nitrogen and oxygen atoms in total. The Balaban J connectivity index is 1.49. The van der Waals surface area contributed by atoms with E-state index in [-0.39, 0.29) is 12.8 Å². The van der Waals surface area contributed by atoms with Crippen molar-refractivity contribution in [1.29, 1.82) is 0 Å². The van der Waals surface area contributed by atoms with Crippen LogP contribution in [0.4, 0.5) is 4.79 Å². The maximum Gasteiger partial charge on any atom is 0.317 e. The van der Waals surface area contributed by atoms with Crippen molar-refractivity contribution in [2.45, 2.75) is 46.2 Å². The number of hydrogen-bond acceptors (Lipinski definition) is 4. The fraction of sp³-hybridized carbons (Fsp3) is 0.650. The van der Waals surface area contributed by atoms with Gasteiger partial charge in [0.2, 0.25) is 6.79 Å². The minimum Gasteiger partial charge on any atom is -0.454 e. The molecule has 6 heteroatoms. The summed E-state index contributed by atoms with van der Waals surface area (Å²) in [5.74, 6) is 2.35. The van der Waals surface area contributed by atoms with Crippen LogP contribution in [0.2, 0.25) is 0 Å². The lowest BCUT2D eigenvalue weighted by atomic mass is 9.98. The Labute approximate surface area is 156 Å². The second-order valence-electron chi connectivity index (χ2n) is 7.46. The minimum absolute atomic E-state index is 0.0117. The third-order valence-electron chi connectivity index (χ3n) is 5.47. The van der Waals surface area contributed by atoms with Gasteiger partial charge >= 0.3 is 6.03 Å². The average Bonchev–Trinajstić information content (AvgIpc) is 3.12. The third kappa shape index (κ3) is 4.61. The summed E-state index contributed by atoms with van der Waals surface area (Å²) in [6.07, 6.45) is 2.51. The van der Waals surface area contributed by atoms with Crippen LogP contribution in [-0.4, -0.2) is 54.8 Å². The molecular weight excluding hydrogens is 330 g/mol. The molecular formula is C20H31N3O3. The largest absolute Gasteiger partial charge is 0.454 e. The number of nitrogens with one attached hydrogen (secondary N) is 1. The number of fused-ring (bicyclic) bond motifs is 1. The molecule has 1 N–H and O–H groups in total. The highest BCUT2D eigenvalue weighted by Gasteiger charge is 2.22. The number of amides is 2. The normalized spacial score (nSPS) is 18.6. The van der Waals surface area contributed by atoms with E-state index in [1.807, 2.05) is 30.0 Å². The van der Waals surface area contributed by atoms with Crippen LogP contribution in [0.15, 0.2) is 18.2 Å². The van der Waals surface area contributed by atoms with Crippen LogP contribution >= 0.6 is 0 Å². The van der Waals surface area contributed by atoms with E-state index < -0.39 is 0 Å². The fourth-order valence-corrected chi connectivity index (χ4v) is 3.53. The fourth-order valence-electron chi connectivity index (χ4n) is 3.53. The molecule has 2 heterocycles. The number of ether oxygens (including phenoxy) is 2. The van der Waals surface area contributed by atoms with Crippen LogP contribution in [0.3, 0.4) is 0 Å². The molecule has 1 saturated heterocycles. The zero-order valence-electron chi connectivity index (χ0n) is 16.2. The van der Waals surface area contributed by atoms with Gasteiger partial charge in [0.1, 0.15) is 0 Å². The van der Waals surface area contributed by atoms with Gasteiger partial charge in [-0.2, -0.15) is 0 Å². The molecule has 0 spiro atoms. The molecule has 3 rings (SSSR count). The average molecular weight is 361 g/mol. The number of carbonyl (C=O) groups is 1. The summed E-state index contributed by atoms with van der Waals surface area (Å²) in [5.41, 5.74) is 1.05. The van der Waals surface area contributed by atoms with Gasteiger partial charge in [0.25, 0.3) is 0 Å². The summed E-state index contributed by atoms with van der Waals surface area (Å²) >= 11 is 0. The lowest BCUT2D eigenvalue weighted by molar-refractivity contribution is 0.141. The number of likely N-dealkylation sites (tertiary alicyclic amines) is 1. The molecule has 2 aliphatic heterocycles. The highest BCUT2D eigenvalue weighted by Crippen LogP contribution is 2.32. The van der Waals surface area contributed by atoms with Crippen LogP contribution in [0.5, 0.6) is 11.5 Å². The van der Waals surface area contributed by atoms with Gasteiger partial charge in [-0.15, -0.1) is 0 Å². The van der Waals surface area contributed by atoms with E-state index in [1.165, 1.54) is 12.8 Å². The number of piperidine rings is 1. The van der Waals surface area contributed by atoms with Crippen LogP contribution in [0, 0.1) is 5.92 Å². The van der Waals surface area contributed by atoms with Crippen molar-refractivity contribution < 1.29 is 14.3 Å². The van der Waals surface area contributed by atoms with Crippen molar-refractivity contribution in [1.82, 2.24) is 15.1 Å². The van der Waals surface area contributed by atoms with Gasteiger partial charge in [0.05, 0.1) is 0 Å². The molecule has 0 aromatic heterocycles. The van der Waals surface area contributed by atoms with Gasteiger partial charge in [-0.3, -0.25) is 4.90 Å². The van der Waals surface area contributed by atoms with Crippen LogP contribution in [0.1, 0.15) is 39.2 Å². The summed E-state index contributed by atoms with van der Waals surface area (Å²) < 4.78 is 10.8. The molecule has 144 valence electrons. The van der Waals surface area contributed by atoms with E-state index >= 15 is 0 Å². The first-order valence-corrected chi connectivity index (χ1v) is 9.72. The maximum absolute atomic E-state index is 12.6. The van der Waals surface area contributed by atoms with Gasteiger partial charge in [0.15, 0.2) is 11.5 Å². The first-order chi connectivity index (χ1) is 12.6. The maximum atomic E-state index is 12.6. The molecule has 2 amide bonds. The molecule has 1 atom stereocenters. The Morgan fingerprint density at radius 2 is 2.04 bits per heavy atom. The topological polar surface area (TPSA) is 54.0 Å². The smallest absolute Gasteiger partial charge is 0.317 e. The first-order valence-electron chi connectivity index (χ1n) is 9.72. The number of hydrogen-bond donors (Lipinski definition) is 1. The highest BCUT2D eigenvalue weighted by atomic mass is 16.7. The molecule has 0 saturated carbocycles. The number of urea groups is 1. The lowest BCUT2D eigenvalue weighted by Gasteiger charge is -2.35. The van der Waals surface area contributed by atoms with Crippen molar-refractivity contribution in [2.75, 3.05) is 33.0 Å². The quantitative estimate of drug-likeness (QED) is 0.846. The summed E-state index contributed by atoms with van der Waals surface area (Å²) in [6, 6.07) is 6.21. The molecule has 0 bridgehead atoms. The predicted octanol–water partition coefficient (Wildman–Crippen LogP) is 3.07. The van der Waals surface area contributed by atoms with Crippen LogP contribution in [-0.2, 0) is 6.54 Å². The zero-order valence-corrected chi connectivity index (χ0v) is 16.2.